The van der Waals surface area contributed by atoms with E-state index in [1.807, 2.05) is 37.3 Å². The van der Waals surface area contributed by atoms with Crippen LogP contribution in [0.4, 0.5) is 5.69 Å². The van der Waals surface area contributed by atoms with Crippen LogP contribution in [0.1, 0.15) is 47.7 Å². The van der Waals surface area contributed by atoms with Gasteiger partial charge in [0.05, 0.1) is 10.5 Å². The maximum absolute atomic E-state index is 12.3. The standard InChI is InChI=1S/C21H24N2O5/c1-4-16(17-9-6-5-7-10-17)13-22-20(24)15(3)28-21(25)18-11-8-12-19(14(18)2)23(26)27/h5-12,15-16H,4,13H2,1-3H3,(H,22,24)/t15-,16-/m0/s1. The average molecular weight is 384 g/mol. The zero-order valence-electron chi connectivity index (χ0n) is 16.2. The van der Waals surface area contributed by atoms with Crippen LogP contribution in [0, 0.1) is 17.0 Å². The highest BCUT2D eigenvalue weighted by molar-refractivity contribution is 5.94. The fourth-order valence-corrected chi connectivity index (χ4v) is 2.91. The Morgan fingerprint density at radius 3 is 2.43 bits per heavy atom. The molecule has 7 nitrogen and oxygen atoms in total. The number of rotatable bonds is 8. The van der Waals surface area contributed by atoms with E-state index in [2.05, 4.69) is 5.32 Å². The van der Waals surface area contributed by atoms with Gasteiger partial charge in [-0.1, -0.05) is 43.3 Å². The molecule has 0 unspecified atom stereocenters. The van der Waals surface area contributed by atoms with Crippen LogP contribution in [0.25, 0.3) is 0 Å². The Labute approximate surface area is 163 Å². The number of amides is 1. The van der Waals surface area contributed by atoms with Gasteiger partial charge in [-0.15, -0.1) is 0 Å². The second kappa shape index (κ2) is 9.64. The van der Waals surface area contributed by atoms with Gasteiger partial charge in [0.25, 0.3) is 11.6 Å². The van der Waals surface area contributed by atoms with E-state index in [-0.39, 0.29) is 22.7 Å². The highest BCUT2D eigenvalue weighted by Gasteiger charge is 2.23. The summed E-state index contributed by atoms with van der Waals surface area (Å²) in [6.07, 6.45) is -0.162. The topological polar surface area (TPSA) is 98.5 Å². The Morgan fingerprint density at radius 2 is 1.82 bits per heavy atom. The van der Waals surface area contributed by atoms with Gasteiger partial charge in [-0.3, -0.25) is 14.9 Å². The highest BCUT2D eigenvalue weighted by Crippen LogP contribution is 2.22. The number of benzene rings is 2. The van der Waals surface area contributed by atoms with Crippen LogP contribution in [0.3, 0.4) is 0 Å². The lowest BCUT2D eigenvalue weighted by Crippen LogP contribution is -2.38. The number of nitro benzene ring substituents is 1. The quantitative estimate of drug-likeness (QED) is 0.424. The Morgan fingerprint density at radius 1 is 1.14 bits per heavy atom. The van der Waals surface area contributed by atoms with E-state index in [9.17, 15) is 19.7 Å². The fraction of sp³-hybridized carbons (Fsp3) is 0.333. The molecule has 0 aromatic heterocycles. The van der Waals surface area contributed by atoms with Gasteiger partial charge in [-0.05, 0) is 31.9 Å². The molecule has 1 amide bonds. The first kappa shape index (κ1) is 21.1. The summed E-state index contributed by atoms with van der Waals surface area (Å²) in [4.78, 5) is 35.1. The lowest BCUT2D eigenvalue weighted by atomic mass is 9.96. The monoisotopic (exact) mass is 384 g/mol. The first-order valence-corrected chi connectivity index (χ1v) is 9.12. The van der Waals surface area contributed by atoms with E-state index in [4.69, 9.17) is 4.74 Å². The second-order valence-corrected chi connectivity index (χ2v) is 6.52. The largest absolute Gasteiger partial charge is 0.449 e. The molecule has 0 saturated carbocycles. The van der Waals surface area contributed by atoms with Crippen molar-refractivity contribution in [3.05, 3.63) is 75.3 Å². The van der Waals surface area contributed by atoms with E-state index in [1.54, 1.807) is 0 Å². The number of nitrogens with zero attached hydrogens (tertiary/aromatic N) is 1. The van der Waals surface area contributed by atoms with Gasteiger partial charge in [-0.2, -0.15) is 0 Å². The fourth-order valence-electron chi connectivity index (χ4n) is 2.91. The van der Waals surface area contributed by atoms with E-state index in [0.717, 1.165) is 12.0 Å². The van der Waals surface area contributed by atoms with Gasteiger partial charge in [0.1, 0.15) is 0 Å². The molecule has 0 saturated heterocycles. The molecule has 0 bridgehead atoms. The predicted octanol–water partition coefficient (Wildman–Crippen LogP) is 3.76. The van der Waals surface area contributed by atoms with Gasteiger partial charge in [0.15, 0.2) is 6.10 Å². The Balaban J connectivity index is 1.98. The third-order valence-corrected chi connectivity index (χ3v) is 4.66. The SMILES string of the molecule is CC[C@@H](CNC(=O)[C@H](C)OC(=O)c1cccc([N+](=O)[O-])c1C)c1ccccc1. The molecule has 2 atom stereocenters. The van der Waals surface area contributed by atoms with Crippen LogP contribution >= 0.6 is 0 Å². The molecule has 2 aromatic carbocycles. The number of nitro groups is 1. The van der Waals surface area contributed by atoms with Crippen molar-refractivity contribution in [3.63, 3.8) is 0 Å². The summed E-state index contributed by atoms with van der Waals surface area (Å²) in [6, 6.07) is 14.0. The average Bonchev–Trinajstić information content (AvgIpc) is 2.68. The Bertz CT molecular complexity index is 851. The van der Waals surface area contributed by atoms with Crippen LogP contribution in [0.2, 0.25) is 0 Å². The maximum atomic E-state index is 12.3. The van der Waals surface area contributed by atoms with Crippen molar-refractivity contribution < 1.29 is 19.2 Å². The minimum Gasteiger partial charge on any atom is -0.449 e. The molecule has 28 heavy (non-hydrogen) atoms. The summed E-state index contributed by atoms with van der Waals surface area (Å²) in [5.74, 6) is -1.02. The normalized spacial score (nSPS) is 12.7. The molecule has 0 heterocycles. The summed E-state index contributed by atoms with van der Waals surface area (Å²) >= 11 is 0. The number of esters is 1. The van der Waals surface area contributed by atoms with Crippen molar-refractivity contribution in [3.8, 4) is 0 Å². The van der Waals surface area contributed by atoms with Gasteiger partial charge in [0.2, 0.25) is 0 Å². The van der Waals surface area contributed by atoms with Gasteiger partial charge in [-0.25, -0.2) is 4.79 Å². The van der Waals surface area contributed by atoms with Gasteiger partial charge in [0, 0.05) is 24.1 Å². The van der Waals surface area contributed by atoms with E-state index < -0.39 is 22.9 Å². The van der Waals surface area contributed by atoms with Gasteiger partial charge < -0.3 is 10.1 Å². The molecule has 0 fully saturated rings. The van der Waals surface area contributed by atoms with Crippen molar-refractivity contribution in [1.29, 1.82) is 0 Å². The number of nitrogens with one attached hydrogen (secondary N) is 1. The third-order valence-electron chi connectivity index (χ3n) is 4.66. The summed E-state index contributed by atoms with van der Waals surface area (Å²) < 4.78 is 5.21. The smallest absolute Gasteiger partial charge is 0.339 e. The third kappa shape index (κ3) is 5.16. The lowest BCUT2D eigenvalue weighted by Gasteiger charge is -2.19. The van der Waals surface area contributed by atoms with Crippen LogP contribution in [-0.2, 0) is 9.53 Å². The summed E-state index contributed by atoms with van der Waals surface area (Å²) in [5.41, 5.74) is 1.24. The lowest BCUT2D eigenvalue weighted by molar-refractivity contribution is -0.385. The molecule has 1 N–H and O–H groups in total. The van der Waals surface area contributed by atoms with Crippen molar-refractivity contribution in [2.24, 2.45) is 0 Å². The first-order chi connectivity index (χ1) is 13.3. The van der Waals surface area contributed by atoms with Crippen LogP contribution < -0.4 is 5.32 Å². The summed E-state index contributed by atoms with van der Waals surface area (Å²) in [6.45, 7) is 5.42. The molecule has 0 spiro atoms. The van der Waals surface area contributed by atoms with Crippen LogP contribution in [0.15, 0.2) is 48.5 Å². The molecule has 0 aliphatic carbocycles. The minimum atomic E-state index is -1.01. The van der Waals surface area contributed by atoms with Crippen molar-refractivity contribution in [2.75, 3.05) is 6.54 Å². The zero-order valence-corrected chi connectivity index (χ0v) is 16.2. The Hall–Kier alpha value is -3.22. The molecule has 0 aliphatic heterocycles. The maximum Gasteiger partial charge on any atom is 0.339 e. The molecule has 148 valence electrons. The molecule has 0 aliphatic rings. The molecular weight excluding hydrogens is 360 g/mol. The van der Waals surface area contributed by atoms with Crippen LogP contribution in [0.5, 0.6) is 0 Å². The van der Waals surface area contributed by atoms with E-state index in [0.29, 0.717) is 6.54 Å². The molecule has 2 aromatic rings. The number of carbonyl (C=O) groups excluding carboxylic acids is 2. The number of hydrogen-bond donors (Lipinski definition) is 1. The first-order valence-electron chi connectivity index (χ1n) is 9.12. The number of ether oxygens (including phenoxy) is 1. The minimum absolute atomic E-state index is 0.0737. The molecule has 7 heteroatoms. The van der Waals surface area contributed by atoms with E-state index in [1.165, 1.54) is 32.0 Å². The predicted molar refractivity (Wildman–Crippen MR) is 105 cm³/mol. The second-order valence-electron chi connectivity index (χ2n) is 6.52. The summed E-state index contributed by atoms with van der Waals surface area (Å²) in [7, 11) is 0. The number of carbonyl (C=O) groups is 2. The molecule has 2 rings (SSSR count). The van der Waals surface area contributed by atoms with Crippen molar-refractivity contribution in [1.82, 2.24) is 5.32 Å². The van der Waals surface area contributed by atoms with E-state index >= 15 is 0 Å². The number of hydrogen-bond acceptors (Lipinski definition) is 5. The molecule has 0 radical (unpaired) electrons. The highest BCUT2D eigenvalue weighted by atomic mass is 16.6. The van der Waals surface area contributed by atoms with Crippen LogP contribution in [-0.4, -0.2) is 29.4 Å². The van der Waals surface area contributed by atoms with Crippen molar-refractivity contribution >= 4 is 17.6 Å². The van der Waals surface area contributed by atoms with Gasteiger partial charge >= 0.3 is 5.97 Å². The zero-order chi connectivity index (χ0) is 20.7. The summed E-state index contributed by atoms with van der Waals surface area (Å²) in [5, 5.41) is 13.8. The van der Waals surface area contributed by atoms with Crippen molar-refractivity contribution in [2.45, 2.75) is 39.2 Å². The molecular formula is C21H24N2O5. The Kier molecular flexibility index (Phi) is 7.26.